The van der Waals surface area contributed by atoms with Crippen molar-refractivity contribution >= 4 is 45.3 Å². The number of benzene rings is 2. The van der Waals surface area contributed by atoms with Gasteiger partial charge < -0.3 is 9.73 Å². The van der Waals surface area contributed by atoms with E-state index in [0.717, 1.165) is 17.5 Å². The summed E-state index contributed by atoms with van der Waals surface area (Å²) in [6.45, 7) is 1.76. The van der Waals surface area contributed by atoms with Gasteiger partial charge in [-0.2, -0.15) is 5.10 Å². The summed E-state index contributed by atoms with van der Waals surface area (Å²) in [5, 5.41) is 30.6. The van der Waals surface area contributed by atoms with E-state index >= 15 is 0 Å². The average Bonchev–Trinajstić information content (AvgIpc) is 3.24. The van der Waals surface area contributed by atoms with Crippen molar-refractivity contribution in [3.63, 3.8) is 0 Å². The standard InChI is InChI=1S/C25H20N6O6/c1-14-22-18(29-28-17-11-10-16(30(33)34)13-20(17)31(35)36)7-3-9-21(22)37-24(14)25(32)27-19-8-2-5-15-6-4-12-26-23(15)19/h2,4-6,8,10-13,28H,3,7,9H2,1H3,(H,27,32)/b29-18+. The molecule has 12 nitrogen and oxygen atoms in total. The summed E-state index contributed by atoms with van der Waals surface area (Å²) < 4.78 is 5.95. The minimum Gasteiger partial charge on any atom is -0.455 e. The predicted molar refractivity (Wildman–Crippen MR) is 136 cm³/mol. The van der Waals surface area contributed by atoms with Gasteiger partial charge in [0.2, 0.25) is 0 Å². The van der Waals surface area contributed by atoms with E-state index in [-0.39, 0.29) is 11.4 Å². The summed E-state index contributed by atoms with van der Waals surface area (Å²) in [6, 6.07) is 12.5. The highest BCUT2D eigenvalue weighted by Gasteiger charge is 2.28. The third-order valence-electron chi connectivity index (χ3n) is 6.11. The second kappa shape index (κ2) is 9.49. The Balaban J connectivity index is 1.44. The molecule has 0 atom stereocenters. The molecule has 0 bridgehead atoms. The third-order valence-corrected chi connectivity index (χ3v) is 6.11. The predicted octanol–water partition coefficient (Wildman–Crippen LogP) is 5.36. The molecule has 2 heterocycles. The van der Waals surface area contributed by atoms with E-state index in [2.05, 4.69) is 20.8 Å². The van der Waals surface area contributed by atoms with Crippen LogP contribution in [0, 0.1) is 27.2 Å². The molecule has 2 N–H and O–H groups in total. The molecule has 2 aromatic heterocycles. The van der Waals surface area contributed by atoms with Crippen LogP contribution in [-0.4, -0.2) is 26.4 Å². The van der Waals surface area contributed by atoms with Crippen LogP contribution >= 0.6 is 0 Å². The number of rotatable bonds is 6. The Hall–Kier alpha value is -5.13. The molecule has 4 aromatic rings. The number of nitro groups is 2. The Labute approximate surface area is 209 Å². The van der Waals surface area contributed by atoms with Gasteiger partial charge in [0.05, 0.1) is 32.8 Å². The van der Waals surface area contributed by atoms with Crippen molar-refractivity contribution in [1.29, 1.82) is 0 Å². The molecule has 0 spiro atoms. The van der Waals surface area contributed by atoms with Crippen LogP contribution in [0.25, 0.3) is 10.9 Å². The Morgan fingerprint density at radius 1 is 1.05 bits per heavy atom. The lowest BCUT2D eigenvalue weighted by Gasteiger charge is -2.13. The summed E-state index contributed by atoms with van der Waals surface area (Å²) in [7, 11) is 0. The number of nitrogens with zero attached hydrogens (tertiary/aromatic N) is 4. The van der Waals surface area contributed by atoms with Gasteiger partial charge in [-0.05, 0) is 38.0 Å². The molecule has 12 heteroatoms. The third kappa shape index (κ3) is 4.47. The van der Waals surface area contributed by atoms with Crippen LogP contribution < -0.4 is 10.7 Å². The first-order valence-electron chi connectivity index (χ1n) is 11.4. The van der Waals surface area contributed by atoms with Gasteiger partial charge >= 0.3 is 5.69 Å². The lowest BCUT2D eigenvalue weighted by molar-refractivity contribution is -0.393. The number of fused-ring (bicyclic) bond motifs is 2. The van der Waals surface area contributed by atoms with E-state index in [1.54, 1.807) is 19.2 Å². The van der Waals surface area contributed by atoms with Crippen LogP contribution in [0.3, 0.4) is 0 Å². The van der Waals surface area contributed by atoms with E-state index in [1.165, 1.54) is 6.07 Å². The maximum absolute atomic E-state index is 13.2. The number of aryl methyl sites for hydroxylation is 1. The van der Waals surface area contributed by atoms with E-state index in [9.17, 15) is 25.0 Å². The number of carbonyl (C=O) groups is 1. The van der Waals surface area contributed by atoms with E-state index in [1.807, 2.05) is 24.3 Å². The SMILES string of the molecule is Cc1c(C(=O)Nc2cccc3cccnc23)oc2c1/C(=N/Nc1ccc([N+](=O)[O-])cc1[N+](=O)[O-])CCC2. The zero-order chi connectivity index (χ0) is 26.1. The van der Waals surface area contributed by atoms with Gasteiger partial charge in [0.1, 0.15) is 11.4 Å². The second-order valence-corrected chi connectivity index (χ2v) is 8.43. The van der Waals surface area contributed by atoms with Crippen molar-refractivity contribution in [2.24, 2.45) is 5.10 Å². The quantitative estimate of drug-likeness (QED) is 0.264. The van der Waals surface area contributed by atoms with Gasteiger partial charge in [0, 0.05) is 35.2 Å². The molecule has 2 aromatic carbocycles. The van der Waals surface area contributed by atoms with Crippen molar-refractivity contribution < 1.29 is 19.1 Å². The molecule has 37 heavy (non-hydrogen) atoms. The van der Waals surface area contributed by atoms with Crippen molar-refractivity contribution in [1.82, 2.24) is 4.98 Å². The Bertz CT molecular complexity index is 1600. The lowest BCUT2D eigenvalue weighted by atomic mass is 9.93. The number of nitrogens with one attached hydrogen (secondary N) is 2. The first-order valence-corrected chi connectivity index (χ1v) is 11.4. The maximum atomic E-state index is 13.2. The largest absolute Gasteiger partial charge is 0.455 e. The van der Waals surface area contributed by atoms with Gasteiger partial charge in [-0.25, -0.2) is 0 Å². The number of amides is 1. The van der Waals surface area contributed by atoms with Crippen LogP contribution in [0.15, 0.2) is 64.2 Å². The molecule has 0 radical (unpaired) electrons. The number of hydrogen-bond donors (Lipinski definition) is 2. The summed E-state index contributed by atoms with van der Waals surface area (Å²) >= 11 is 0. The summed E-state index contributed by atoms with van der Waals surface area (Å²) in [5.74, 6) is 0.320. The highest BCUT2D eigenvalue weighted by atomic mass is 16.6. The first-order chi connectivity index (χ1) is 17.8. The van der Waals surface area contributed by atoms with E-state index in [0.29, 0.717) is 53.1 Å². The van der Waals surface area contributed by atoms with Crippen molar-refractivity contribution in [3.05, 3.63) is 97.6 Å². The van der Waals surface area contributed by atoms with Gasteiger partial charge in [-0.3, -0.25) is 35.4 Å². The molecule has 0 saturated heterocycles. The van der Waals surface area contributed by atoms with Crippen LogP contribution in [-0.2, 0) is 6.42 Å². The minimum atomic E-state index is -0.713. The fraction of sp³-hybridized carbons (Fsp3) is 0.160. The van der Waals surface area contributed by atoms with Gasteiger partial charge in [0.25, 0.3) is 11.6 Å². The number of nitro benzene ring substituents is 2. The Morgan fingerprint density at radius 2 is 1.86 bits per heavy atom. The number of pyridine rings is 1. The summed E-state index contributed by atoms with van der Waals surface area (Å²) in [6.07, 6.45) is 3.52. The average molecular weight is 500 g/mol. The highest BCUT2D eigenvalue weighted by Crippen LogP contribution is 2.33. The van der Waals surface area contributed by atoms with Crippen molar-refractivity contribution in [2.75, 3.05) is 10.7 Å². The zero-order valence-electron chi connectivity index (χ0n) is 19.6. The molecule has 1 amide bonds. The topological polar surface area (TPSA) is 166 Å². The number of anilines is 2. The lowest BCUT2D eigenvalue weighted by Crippen LogP contribution is -2.15. The van der Waals surface area contributed by atoms with Crippen molar-refractivity contribution in [3.8, 4) is 0 Å². The number of furan rings is 1. The molecule has 0 unspecified atom stereocenters. The number of non-ortho nitro benzene ring substituents is 1. The second-order valence-electron chi connectivity index (χ2n) is 8.43. The number of aromatic nitrogens is 1. The van der Waals surface area contributed by atoms with Crippen LogP contribution in [0.4, 0.5) is 22.7 Å². The van der Waals surface area contributed by atoms with Crippen molar-refractivity contribution in [2.45, 2.75) is 26.2 Å². The number of para-hydroxylation sites is 1. The van der Waals surface area contributed by atoms with E-state index in [4.69, 9.17) is 4.42 Å². The molecule has 1 aliphatic carbocycles. The van der Waals surface area contributed by atoms with Gasteiger partial charge in [0.15, 0.2) is 5.76 Å². The molecule has 1 aliphatic rings. The molecular formula is C25H20N6O6. The summed E-state index contributed by atoms with van der Waals surface area (Å²) in [5.41, 5.74) is 4.86. The number of hydrazone groups is 1. The Morgan fingerprint density at radius 3 is 2.65 bits per heavy atom. The molecule has 186 valence electrons. The van der Waals surface area contributed by atoms with Crippen LogP contribution in [0.2, 0.25) is 0 Å². The smallest absolute Gasteiger partial charge is 0.301 e. The van der Waals surface area contributed by atoms with Crippen LogP contribution in [0.5, 0.6) is 0 Å². The van der Waals surface area contributed by atoms with Crippen LogP contribution in [0.1, 0.15) is 40.3 Å². The zero-order valence-corrected chi connectivity index (χ0v) is 19.6. The first kappa shape index (κ1) is 23.6. The number of hydrogen-bond acceptors (Lipinski definition) is 9. The molecule has 0 fully saturated rings. The molecule has 0 saturated carbocycles. The van der Waals surface area contributed by atoms with Gasteiger partial charge in [-0.1, -0.05) is 18.2 Å². The Kier molecular flexibility index (Phi) is 6.05. The fourth-order valence-corrected chi connectivity index (χ4v) is 4.39. The molecule has 5 rings (SSSR count). The summed E-state index contributed by atoms with van der Waals surface area (Å²) in [4.78, 5) is 38.5. The minimum absolute atomic E-state index is 0.0118. The number of carbonyl (C=O) groups excluding carboxylic acids is 1. The molecular weight excluding hydrogens is 480 g/mol. The normalized spacial score (nSPS) is 13.8. The van der Waals surface area contributed by atoms with E-state index < -0.39 is 27.1 Å². The van der Waals surface area contributed by atoms with Gasteiger partial charge in [-0.15, -0.1) is 0 Å². The molecule has 0 aliphatic heterocycles. The fourth-order valence-electron chi connectivity index (χ4n) is 4.39. The maximum Gasteiger partial charge on any atom is 0.301 e. The monoisotopic (exact) mass is 500 g/mol. The highest BCUT2D eigenvalue weighted by molar-refractivity contribution is 6.11.